The average molecular weight is 447 g/mol. The van der Waals surface area contributed by atoms with Crippen molar-refractivity contribution in [1.82, 2.24) is 20.2 Å². The zero-order valence-corrected chi connectivity index (χ0v) is 19.6. The molecular formula is C25H34N8. The molecule has 8 nitrogen and oxygen atoms in total. The monoisotopic (exact) mass is 446 g/mol. The lowest BCUT2D eigenvalue weighted by molar-refractivity contribution is 0.312. The normalized spacial score (nSPS) is 14.5. The topological polar surface area (TPSA) is 92.2 Å². The second kappa shape index (κ2) is 11.8. The first kappa shape index (κ1) is 24.0. The van der Waals surface area contributed by atoms with Crippen LogP contribution in [0.25, 0.3) is 0 Å². The fourth-order valence-corrected chi connectivity index (χ4v) is 3.56. The second-order valence-electron chi connectivity index (χ2n) is 7.97. The Labute approximate surface area is 196 Å². The minimum Gasteiger partial charge on any atom is -0.389 e. The summed E-state index contributed by atoms with van der Waals surface area (Å²) in [6, 6.07) is 8.23. The number of piperazine rings is 1. The molecule has 1 aliphatic heterocycles. The van der Waals surface area contributed by atoms with E-state index in [1.807, 2.05) is 25.3 Å². The fourth-order valence-electron chi connectivity index (χ4n) is 3.56. The molecule has 0 spiro atoms. The van der Waals surface area contributed by atoms with E-state index >= 15 is 0 Å². The lowest BCUT2D eigenvalue weighted by atomic mass is 10.1. The predicted molar refractivity (Wildman–Crippen MR) is 138 cm³/mol. The summed E-state index contributed by atoms with van der Waals surface area (Å²) in [6.45, 7) is 14.4. The lowest BCUT2D eigenvalue weighted by Crippen LogP contribution is -2.45. The summed E-state index contributed by atoms with van der Waals surface area (Å²) in [6.07, 6.45) is 7.26. The first-order chi connectivity index (χ1) is 16.0. The molecular weight excluding hydrogens is 412 g/mol. The van der Waals surface area contributed by atoms with Crippen molar-refractivity contribution < 1.29 is 0 Å². The first-order valence-corrected chi connectivity index (χ1v) is 11.2. The Morgan fingerprint density at radius 2 is 2.00 bits per heavy atom. The van der Waals surface area contributed by atoms with E-state index in [1.165, 1.54) is 6.21 Å². The standard InChI is InChI=1S/C25H34N8/c1-5-19(3)29-21-9-7-8-20(14-21)15-23-24(33-12-10-32(4)11-13-33)18-28-25(31-23)30-22(16-26)17-27-6-2/h5,7-9,14,16-18,26-27,29H,1,3,6,10-13,15H2,2,4H3,(H,28,30,31)/b22-17+,26-16?. The third kappa shape index (κ3) is 6.92. The third-order valence-corrected chi connectivity index (χ3v) is 5.41. The van der Waals surface area contributed by atoms with Crippen LogP contribution in [0.4, 0.5) is 17.3 Å². The van der Waals surface area contributed by atoms with Gasteiger partial charge in [0, 0.05) is 62.9 Å². The van der Waals surface area contributed by atoms with Crippen LogP contribution in [-0.4, -0.2) is 60.9 Å². The Hall–Kier alpha value is -3.65. The number of aromatic nitrogens is 2. The van der Waals surface area contributed by atoms with E-state index in [4.69, 9.17) is 10.4 Å². The molecule has 0 atom stereocenters. The van der Waals surface area contributed by atoms with Gasteiger partial charge in [-0.3, -0.25) is 0 Å². The van der Waals surface area contributed by atoms with Crippen LogP contribution >= 0.6 is 0 Å². The highest BCUT2D eigenvalue weighted by Crippen LogP contribution is 2.25. The molecule has 33 heavy (non-hydrogen) atoms. The fraction of sp³-hybridized carbons (Fsp3) is 0.320. The number of anilines is 3. The first-order valence-electron chi connectivity index (χ1n) is 11.2. The molecule has 0 unspecified atom stereocenters. The van der Waals surface area contributed by atoms with Crippen molar-refractivity contribution in [1.29, 1.82) is 5.41 Å². The molecule has 2 aromatic rings. The number of allylic oxidation sites excluding steroid dienone is 2. The van der Waals surface area contributed by atoms with Gasteiger partial charge in [0.15, 0.2) is 0 Å². The zero-order chi connectivity index (χ0) is 23.6. The lowest BCUT2D eigenvalue weighted by Gasteiger charge is -2.34. The Bertz CT molecular complexity index is 1010. The number of hydrogen-bond donors (Lipinski definition) is 4. The van der Waals surface area contributed by atoms with Crippen LogP contribution in [0.2, 0.25) is 0 Å². The summed E-state index contributed by atoms with van der Waals surface area (Å²) in [7, 11) is 2.15. The van der Waals surface area contributed by atoms with Gasteiger partial charge in [-0.05, 0) is 37.7 Å². The number of likely N-dealkylation sites (N-methyl/N-ethyl adjacent to an activating group) is 1. The maximum Gasteiger partial charge on any atom is 0.227 e. The van der Waals surface area contributed by atoms with Gasteiger partial charge < -0.3 is 31.2 Å². The Morgan fingerprint density at radius 1 is 1.21 bits per heavy atom. The molecule has 1 aromatic carbocycles. The molecule has 174 valence electrons. The SMILES string of the molecule is C=CC(=C)Nc1cccc(Cc2nc(N/C(C=N)=C/NCC)ncc2N2CCN(C)CC2)c1. The van der Waals surface area contributed by atoms with Crippen LogP contribution in [0.5, 0.6) is 0 Å². The van der Waals surface area contributed by atoms with Gasteiger partial charge in [-0.15, -0.1) is 0 Å². The number of rotatable bonds is 11. The smallest absolute Gasteiger partial charge is 0.227 e. The molecule has 0 aliphatic carbocycles. The van der Waals surface area contributed by atoms with Gasteiger partial charge in [0.1, 0.15) is 0 Å². The van der Waals surface area contributed by atoms with Crippen molar-refractivity contribution in [2.75, 3.05) is 55.3 Å². The summed E-state index contributed by atoms with van der Waals surface area (Å²) >= 11 is 0. The van der Waals surface area contributed by atoms with E-state index in [1.54, 1.807) is 12.3 Å². The number of benzene rings is 1. The van der Waals surface area contributed by atoms with Crippen LogP contribution in [-0.2, 0) is 6.42 Å². The quantitative estimate of drug-likeness (QED) is 0.310. The summed E-state index contributed by atoms with van der Waals surface area (Å²) in [5.41, 5.74) is 5.45. The van der Waals surface area contributed by atoms with Crippen LogP contribution < -0.4 is 20.9 Å². The van der Waals surface area contributed by atoms with Crippen molar-refractivity contribution in [3.05, 3.63) is 78.5 Å². The van der Waals surface area contributed by atoms with Gasteiger partial charge in [0.05, 0.1) is 23.3 Å². The Kier molecular flexibility index (Phi) is 8.60. The molecule has 0 radical (unpaired) electrons. The van der Waals surface area contributed by atoms with Crippen molar-refractivity contribution in [2.24, 2.45) is 0 Å². The van der Waals surface area contributed by atoms with E-state index in [9.17, 15) is 0 Å². The minimum absolute atomic E-state index is 0.477. The molecule has 1 aromatic heterocycles. The highest BCUT2D eigenvalue weighted by atomic mass is 15.3. The Balaban J connectivity index is 1.90. The highest BCUT2D eigenvalue weighted by Gasteiger charge is 2.19. The number of hydrogen-bond acceptors (Lipinski definition) is 8. The van der Waals surface area contributed by atoms with Gasteiger partial charge in [0.2, 0.25) is 5.95 Å². The van der Waals surface area contributed by atoms with Crippen molar-refractivity contribution in [3.63, 3.8) is 0 Å². The van der Waals surface area contributed by atoms with E-state index < -0.39 is 0 Å². The van der Waals surface area contributed by atoms with E-state index in [0.29, 0.717) is 18.1 Å². The van der Waals surface area contributed by atoms with Crippen LogP contribution in [0.15, 0.2) is 67.3 Å². The third-order valence-electron chi connectivity index (χ3n) is 5.41. The van der Waals surface area contributed by atoms with Crippen molar-refractivity contribution in [2.45, 2.75) is 13.3 Å². The van der Waals surface area contributed by atoms with Crippen molar-refractivity contribution >= 4 is 23.5 Å². The van der Waals surface area contributed by atoms with E-state index in [2.05, 4.69) is 63.1 Å². The largest absolute Gasteiger partial charge is 0.389 e. The highest BCUT2D eigenvalue weighted by molar-refractivity contribution is 5.79. The van der Waals surface area contributed by atoms with Gasteiger partial charge in [-0.1, -0.05) is 25.3 Å². The molecule has 0 amide bonds. The van der Waals surface area contributed by atoms with Gasteiger partial charge >= 0.3 is 0 Å². The summed E-state index contributed by atoms with van der Waals surface area (Å²) in [5, 5.41) is 17.2. The average Bonchev–Trinajstić information content (AvgIpc) is 2.82. The van der Waals surface area contributed by atoms with Crippen LogP contribution in [0, 0.1) is 5.41 Å². The van der Waals surface area contributed by atoms with E-state index in [-0.39, 0.29) is 0 Å². The zero-order valence-electron chi connectivity index (χ0n) is 19.6. The number of nitrogens with zero attached hydrogens (tertiary/aromatic N) is 4. The van der Waals surface area contributed by atoms with Gasteiger partial charge in [0.25, 0.3) is 0 Å². The summed E-state index contributed by atoms with van der Waals surface area (Å²) < 4.78 is 0. The second-order valence-corrected chi connectivity index (χ2v) is 7.97. The summed E-state index contributed by atoms with van der Waals surface area (Å²) in [4.78, 5) is 14.1. The predicted octanol–water partition coefficient (Wildman–Crippen LogP) is 3.44. The molecule has 3 rings (SSSR count). The minimum atomic E-state index is 0.477. The molecule has 4 N–H and O–H groups in total. The molecule has 8 heteroatoms. The van der Waals surface area contributed by atoms with Crippen LogP contribution in [0.1, 0.15) is 18.2 Å². The molecule has 1 fully saturated rings. The van der Waals surface area contributed by atoms with Gasteiger partial charge in [-0.2, -0.15) is 0 Å². The maximum atomic E-state index is 7.65. The van der Waals surface area contributed by atoms with Crippen LogP contribution in [0.3, 0.4) is 0 Å². The van der Waals surface area contributed by atoms with Gasteiger partial charge in [-0.25, -0.2) is 9.97 Å². The molecule has 1 aliphatic rings. The molecule has 0 saturated carbocycles. The van der Waals surface area contributed by atoms with Crippen molar-refractivity contribution in [3.8, 4) is 0 Å². The Morgan fingerprint density at radius 3 is 2.70 bits per heavy atom. The molecule has 1 saturated heterocycles. The maximum absolute atomic E-state index is 7.65. The number of nitrogens with one attached hydrogen (secondary N) is 4. The molecule has 2 heterocycles. The summed E-state index contributed by atoms with van der Waals surface area (Å²) in [5.74, 6) is 0.477. The van der Waals surface area contributed by atoms with E-state index in [0.717, 1.165) is 61.1 Å². The molecule has 0 bridgehead atoms.